The first-order chi connectivity index (χ1) is 13.0. The van der Waals surface area contributed by atoms with Gasteiger partial charge in [0, 0.05) is 11.6 Å². The van der Waals surface area contributed by atoms with E-state index >= 15 is 0 Å². The molecule has 0 spiro atoms. The highest BCUT2D eigenvalue weighted by molar-refractivity contribution is 5.95. The van der Waals surface area contributed by atoms with Crippen molar-refractivity contribution in [1.82, 2.24) is 10.6 Å². The van der Waals surface area contributed by atoms with Crippen LogP contribution in [0.4, 0.5) is 4.79 Å². The van der Waals surface area contributed by atoms with E-state index in [1.807, 2.05) is 0 Å². The molecule has 8 heteroatoms. The lowest BCUT2D eigenvalue weighted by Crippen LogP contribution is -2.48. The monoisotopic (exact) mass is 376 g/mol. The maximum atomic E-state index is 11.8. The summed E-state index contributed by atoms with van der Waals surface area (Å²) < 4.78 is 9.96. The van der Waals surface area contributed by atoms with Gasteiger partial charge in [-0.15, -0.1) is 0 Å². The molecule has 0 aromatic heterocycles. The maximum Gasteiger partial charge on any atom is 0.344 e. The number of hydrogen-bond donors (Lipinski definition) is 2. The predicted molar refractivity (Wildman–Crippen MR) is 96.4 cm³/mol. The average Bonchev–Trinajstić information content (AvgIpc) is 2.67. The zero-order chi connectivity index (χ0) is 19.6. The third-order valence-electron chi connectivity index (χ3n) is 4.42. The van der Waals surface area contributed by atoms with E-state index in [1.165, 1.54) is 0 Å². The van der Waals surface area contributed by atoms with Gasteiger partial charge in [-0.05, 0) is 43.0 Å². The molecule has 0 saturated heterocycles. The second kappa shape index (κ2) is 10.3. The molecule has 1 aromatic rings. The number of esters is 1. The number of aldehydes is 1. The Morgan fingerprint density at radius 2 is 1.81 bits per heavy atom. The van der Waals surface area contributed by atoms with Gasteiger partial charge in [-0.25, -0.2) is 9.59 Å². The predicted octanol–water partition coefficient (Wildman–Crippen LogP) is 1.83. The Labute approximate surface area is 157 Å². The Morgan fingerprint density at radius 3 is 2.48 bits per heavy atom. The van der Waals surface area contributed by atoms with Gasteiger partial charge in [0.15, 0.2) is 13.2 Å². The van der Waals surface area contributed by atoms with Gasteiger partial charge in [-0.3, -0.25) is 14.9 Å². The Kier molecular flexibility index (Phi) is 7.79. The van der Waals surface area contributed by atoms with Crippen molar-refractivity contribution in [3.8, 4) is 5.75 Å². The molecule has 0 aliphatic heterocycles. The first kappa shape index (κ1) is 20.4. The largest absolute Gasteiger partial charge is 0.482 e. The van der Waals surface area contributed by atoms with Crippen LogP contribution in [0.1, 0.15) is 43.0 Å². The molecule has 2 rings (SSSR count). The zero-order valence-corrected chi connectivity index (χ0v) is 15.2. The highest BCUT2D eigenvalue weighted by Gasteiger charge is 2.23. The average molecular weight is 376 g/mol. The van der Waals surface area contributed by atoms with Crippen LogP contribution in [0.25, 0.3) is 0 Å². The van der Waals surface area contributed by atoms with Gasteiger partial charge >= 0.3 is 12.0 Å². The van der Waals surface area contributed by atoms with Crippen LogP contribution < -0.4 is 15.4 Å². The number of rotatable bonds is 7. The number of urea groups is 1. The number of carbonyl (C=O) groups is 4. The summed E-state index contributed by atoms with van der Waals surface area (Å²) in [6.45, 7) is 1.11. The summed E-state index contributed by atoms with van der Waals surface area (Å²) >= 11 is 0. The van der Waals surface area contributed by atoms with Gasteiger partial charge in [0.2, 0.25) is 0 Å². The molecule has 27 heavy (non-hydrogen) atoms. The minimum Gasteiger partial charge on any atom is -0.482 e. The second-order valence-corrected chi connectivity index (χ2v) is 6.53. The van der Waals surface area contributed by atoms with E-state index in [1.54, 1.807) is 24.3 Å². The van der Waals surface area contributed by atoms with Crippen LogP contribution in [-0.4, -0.2) is 43.4 Å². The standard InChI is InChI=1S/C19H24N2O6/c1-13-4-2-3-5-16(13)20-19(25)21-17(23)11-27-18(24)12-26-15-8-6-14(10-22)7-9-15/h6-10,13,16H,2-5,11-12H2,1H3,(H2,20,21,23,25)/t13-,16-/m1/s1. The number of benzene rings is 1. The van der Waals surface area contributed by atoms with E-state index < -0.39 is 24.5 Å². The van der Waals surface area contributed by atoms with Crippen molar-refractivity contribution in [2.45, 2.75) is 38.6 Å². The molecule has 1 aromatic carbocycles. The van der Waals surface area contributed by atoms with Crippen LogP contribution in [0.5, 0.6) is 5.75 Å². The van der Waals surface area contributed by atoms with Crippen molar-refractivity contribution in [3.05, 3.63) is 29.8 Å². The third-order valence-corrected chi connectivity index (χ3v) is 4.42. The summed E-state index contributed by atoms with van der Waals surface area (Å²) in [5.74, 6) is -0.691. The lowest BCUT2D eigenvalue weighted by Gasteiger charge is -2.29. The first-order valence-electron chi connectivity index (χ1n) is 8.92. The van der Waals surface area contributed by atoms with Crippen LogP contribution in [-0.2, 0) is 14.3 Å². The van der Waals surface area contributed by atoms with Crippen LogP contribution in [0.2, 0.25) is 0 Å². The van der Waals surface area contributed by atoms with E-state index in [9.17, 15) is 19.2 Å². The summed E-state index contributed by atoms with van der Waals surface area (Å²) in [6.07, 6.45) is 4.84. The van der Waals surface area contributed by atoms with Gasteiger partial charge in [-0.2, -0.15) is 0 Å². The minimum absolute atomic E-state index is 0.0492. The number of ether oxygens (including phenoxy) is 2. The summed E-state index contributed by atoms with van der Waals surface area (Å²) in [6, 6.07) is 5.65. The van der Waals surface area contributed by atoms with Crippen molar-refractivity contribution in [2.24, 2.45) is 5.92 Å². The normalized spacial score (nSPS) is 18.9. The molecule has 0 radical (unpaired) electrons. The Bertz CT molecular complexity index is 673. The second-order valence-electron chi connectivity index (χ2n) is 6.53. The van der Waals surface area contributed by atoms with Crippen LogP contribution in [0.15, 0.2) is 24.3 Å². The molecular formula is C19H24N2O6. The van der Waals surface area contributed by atoms with Crippen LogP contribution >= 0.6 is 0 Å². The van der Waals surface area contributed by atoms with Crippen molar-refractivity contribution in [2.75, 3.05) is 13.2 Å². The zero-order valence-electron chi connectivity index (χ0n) is 15.2. The lowest BCUT2D eigenvalue weighted by atomic mass is 9.86. The topological polar surface area (TPSA) is 111 Å². The fourth-order valence-corrected chi connectivity index (χ4v) is 2.87. The number of hydrogen-bond acceptors (Lipinski definition) is 6. The van der Waals surface area contributed by atoms with E-state index in [2.05, 4.69) is 17.6 Å². The first-order valence-corrected chi connectivity index (χ1v) is 8.92. The SMILES string of the molecule is C[C@@H]1CCCC[C@H]1NC(=O)NC(=O)COC(=O)COc1ccc(C=O)cc1. The van der Waals surface area contributed by atoms with Crippen LogP contribution in [0.3, 0.4) is 0 Å². The Hall–Kier alpha value is -2.90. The van der Waals surface area contributed by atoms with E-state index in [4.69, 9.17) is 9.47 Å². The van der Waals surface area contributed by atoms with Crippen molar-refractivity contribution in [1.29, 1.82) is 0 Å². The van der Waals surface area contributed by atoms with Gasteiger partial charge < -0.3 is 14.8 Å². The summed E-state index contributed by atoms with van der Waals surface area (Å²) in [7, 11) is 0. The van der Waals surface area contributed by atoms with Crippen LogP contribution in [0, 0.1) is 5.92 Å². The lowest BCUT2D eigenvalue weighted by molar-refractivity contribution is -0.150. The highest BCUT2D eigenvalue weighted by Crippen LogP contribution is 2.23. The van der Waals surface area contributed by atoms with Gasteiger partial charge in [-0.1, -0.05) is 19.8 Å². The summed E-state index contributed by atoms with van der Waals surface area (Å²) in [5, 5.41) is 4.93. The molecule has 0 bridgehead atoms. The molecule has 1 aliphatic carbocycles. The number of imide groups is 1. The third kappa shape index (κ3) is 7.08. The molecular weight excluding hydrogens is 352 g/mol. The van der Waals surface area contributed by atoms with E-state index in [-0.39, 0.29) is 12.6 Å². The number of amides is 3. The van der Waals surface area contributed by atoms with Gasteiger partial charge in [0.1, 0.15) is 12.0 Å². The molecule has 2 atom stereocenters. The quantitative estimate of drug-likeness (QED) is 0.555. The molecule has 8 nitrogen and oxygen atoms in total. The van der Waals surface area contributed by atoms with Crippen molar-refractivity contribution in [3.63, 3.8) is 0 Å². The molecule has 1 saturated carbocycles. The fourth-order valence-electron chi connectivity index (χ4n) is 2.87. The number of nitrogens with one attached hydrogen (secondary N) is 2. The fraction of sp³-hybridized carbons (Fsp3) is 0.474. The maximum absolute atomic E-state index is 11.8. The summed E-state index contributed by atoms with van der Waals surface area (Å²) in [5.41, 5.74) is 0.488. The van der Waals surface area contributed by atoms with Gasteiger partial charge in [0.25, 0.3) is 5.91 Å². The van der Waals surface area contributed by atoms with Gasteiger partial charge in [0.05, 0.1) is 0 Å². The molecule has 1 fully saturated rings. The van der Waals surface area contributed by atoms with E-state index in [0.717, 1.165) is 25.7 Å². The highest BCUT2D eigenvalue weighted by atomic mass is 16.6. The molecule has 2 N–H and O–H groups in total. The molecule has 0 heterocycles. The smallest absolute Gasteiger partial charge is 0.344 e. The van der Waals surface area contributed by atoms with Crippen molar-refractivity contribution >= 4 is 24.2 Å². The van der Waals surface area contributed by atoms with Crippen molar-refractivity contribution < 1.29 is 28.7 Å². The number of carbonyl (C=O) groups excluding carboxylic acids is 4. The Morgan fingerprint density at radius 1 is 1.11 bits per heavy atom. The van der Waals surface area contributed by atoms with E-state index in [0.29, 0.717) is 23.5 Å². The minimum atomic E-state index is -0.745. The molecule has 1 aliphatic rings. The summed E-state index contributed by atoms with van der Waals surface area (Å²) in [4.78, 5) is 45.7. The molecule has 146 valence electrons. The molecule has 3 amide bonds. The molecule has 0 unspecified atom stereocenters. The Balaban J connectivity index is 1.64.